The summed E-state index contributed by atoms with van der Waals surface area (Å²) in [5.41, 5.74) is 4.71. The first kappa shape index (κ1) is 13.5. The van der Waals surface area contributed by atoms with Gasteiger partial charge in [-0.25, -0.2) is 0 Å². The van der Waals surface area contributed by atoms with E-state index in [0.717, 1.165) is 12.3 Å². The second-order valence-electron chi connectivity index (χ2n) is 0.542. The SMILES string of the molecule is NC(=S)S.[Mo][O]S[O][Mo]. The Bertz CT molecular complexity index is 66.8. The van der Waals surface area contributed by atoms with E-state index in [4.69, 9.17) is 5.73 Å². The normalized spacial score (nSPS) is 7.22. The molecule has 0 bridgehead atoms. The summed E-state index contributed by atoms with van der Waals surface area (Å²) in [7, 11) is 0. The molecule has 54 valence electrons. The van der Waals surface area contributed by atoms with Gasteiger partial charge in [0.2, 0.25) is 0 Å². The van der Waals surface area contributed by atoms with Crippen LogP contribution in [0.4, 0.5) is 0 Å². The Hall–Kier alpha value is 1.89. The van der Waals surface area contributed by atoms with Gasteiger partial charge in [0.1, 0.15) is 4.32 Å². The summed E-state index contributed by atoms with van der Waals surface area (Å²) in [5.74, 6) is 0. The van der Waals surface area contributed by atoms with E-state index < -0.39 is 0 Å². The van der Waals surface area contributed by atoms with Crippen LogP contribution in [-0.2, 0) is 46.1 Å². The molecular weight excluding hydrogens is 346 g/mol. The van der Waals surface area contributed by atoms with Crippen LogP contribution in [0.3, 0.4) is 0 Å². The zero-order valence-electron chi connectivity index (χ0n) is 3.97. The molecular formula is CH3Mo2NO2S3. The van der Waals surface area contributed by atoms with E-state index in [1.807, 2.05) is 0 Å². The van der Waals surface area contributed by atoms with Gasteiger partial charge in [-0.05, 0) is 0 Å². The van der Waals surface area contributed by atoms with E-state index in [0.29, 0.717) is 0 Å². The standard InChI is InChI=1S/CH3NS2.2Mo.H2O2S/c2-1(3)4;;;1-3-2/h(H3,2,3,4);;;1-2H/q;2*+1;/p-2. The maximum atomic E-state index is 4.71. The Kier molecular flexibility index (Phi) is 18.8. The zero-order valence-corrected chi connectivity index (χ0v) is 10.5. The molecule has 0 aliphatic carbocycles. The van der Waals surface area contributed by atoms with Crippen molar-refractivity contribution in [2.75, 3.05) is 0 Å². The second kappa shape index (κ2) is 12.6. The molecule has 0 aliphatic rings. The number of hydrogen-bond acceptors (Lipinski definition) is 4. The van der Waals surface area contributed by atoms with E-state index in [1.165, 1.54) is 40.4 Å². The second-order valence-corrected chi connectivity index (χ2v) is 4.18. The number of thiocarbonyl (C=S) groups is 1. The van der Waals surface area contributed by atoms with Crippen LogP contribution in [0.1, 0.15) is 0 Å². The first-order valence-corrected chi connectivity index (χ1v) is 4.54. The Morgan fingerprint density at radius 3 is 1.78 bits per heavy atom. The van der Waals surface area contributed by atoms with E-state index in [1.54, 1.807) is 0 Å². The third kappa shape index (κ3) is 40.7. The van der Waals surface area contributed by atoms with Crippen LogP contribution in [0.15, 0.2) is 0 Å². The molecule has 0 spiro atoms. The van der Waals surface area contributed by atoms with Crippen molar-refractivity contribution >= 4 is 41.5 Å². The molecule has 0 aromatic carbocycles. The Morgan fingerprint density at radius 2 is 1.78 bits per heavy atom. The van der Waals surface area contributed by atoms with Crippen molar-refractivity contribution in [3.63, 3.8) is 0 Å². The van der Waals surface area contributed by atoms with Crippen LogP contribution in [0.2, 0.25) is 0 Å². The zero-order chi connectivity index (χ0) is 7.70. The summed E-state index contributed by atoms with van der Waals surface area (Å²) in [4.78, 5) is 0. The molecule has 0 fully saturated rings. The predicted molar refractivity (Wildman–Crippen MR) is 35.5 cm³/mol. The van der Waals surface area contributed by atoms with Crippen LogP contribution < -0.4 is 5.73 Å². The minimum absolute atomic E-state index is 0.194. The van der Waals surface area contributed by atoms with Crippen LogP contribution in [0, 0.1) is 0 Å². The summed E-state index contributed by atoms with van der Waals surface area (Å²) in [6.07, 6.45) is 0. The quantitative estimate of drug-likeness (QED) is 0.332. The first-order valence-electron chi connectivity index (χ1n) is 1.38. The number of hydrogen-bond donors (Lipinski definition) is 2. The van der Waals surface area contributed by atoms with Crippen molar-refractivity contribution in [2.24, 2.45) is 5.73 Å². The molecule has 0 heterocycles. The molecule has 0 unspecified atom stereocenters. The summed E-state index contributed by atoms with van der Waals surface area (Å²) in [6.45, 7) is 0. The van der Waals surface area contributed by atoms with Crippen LogP contribution >= 0.6 is 37.2 Å². The van der Waals surface area contributed by atoms with Gasteiger partial charge in [0.25, 0.3) is 0 Å². The molecule has 0 aromatic rings. The molecule has 0 amide bonds. The molecule has 0 radical (unpaired) electrons. The topological polar surface area (TPSA) is 44.5 Å². The third-order valence-corrected chi connectivity index (χ3v) is 0.986. The molecule has 0 rings (SSSR count). The molecule has 0 atom stereocenters. The summed E-state index contributed by atoms with van der Waals surface area (Å²) < 4.78 is 8.99. The number of nitrogens with two attached hydrogens (primary N) is 1. The van der Waals surface area contributed by atoms with Gasteiger partial charge in [0, 0.05) is 0 Å². The van der Waals surface area contributed by atoms with Crippen molar-refractivity contribution < 1.29 is 46.1 Å². The van der Waals surface area contributed by atoms with Crippen LogP contribution in [0.25, 0.3) is 0 Å². The van der Waals surface area contributed by atoms with Crippen LogP contribution in [-0.4, -0.2) is 4.32 Å². The van der Waals surface area contributed by atoms with Gasteiger partial charge in [-0.15, -0.1) is 12.6 Å². The Morgan fingerprint density at radius 1 is 1.56 bits per heavy atom. The monoisotopic (exact) mass is 353 g/mol. The predicted octanol–water partition coefficient (Wildman–Crippen LogP) is 0.666. The summed E-state index contributed by atoms with van der Waals surface area (Å²) in [5, 5.41) is 0. The Labute approximate surface area is 92.3 Å². The van der Waals surface area contributed by atoms with E-state index in [2.05, 4.69) is 30.5 Å². The van der Waals surface area contributed by atoms with Gasteiger partial charge >= 0.3 is 58.4 Å². The average Bonchev–Trinajstić information content (AvgIpc) is 1.66. The molecule has 0 aliphatic heterocycles. The van der Waals surface area contributed by atoms with Gasteiger partial charge in [-0.3, -0.25) is 0 Å². The average molecular weight is 349 g/mol. The number of thiol groups is 1. The van der Waals surface area contributed by atoms with Gasteiger partial charge in [0.05, 0.1) is 0 Å². The van der Waals surface area contributed by atoms with Gasteiger partial charge in [-0.1, -0.05) is 12.2 Å². The summed E-state index contributed by atoms with van der Waals surface area (Å²) in [6, 6.07) is 0. The summed E-state index contributed by atoms with van der Waals surface area (Å²) >= 11 is 11.6. The van der Waals surface area contributed by atoms with Crippen molar-refractivity contribution in [3.05, 3.63) is 0 Å². The van der Waals surface area contributed by atoms with Gasteiger partial charge < -0.3 is 5.73 Å². The van der Waals surface area contributed by atoms with E-state index in [-0.39, 0.29) is 4.32 Å². The fourth-order valence-electron chi connectivity index (χ4n) is 0.0113. The minimum atomic E-state index is 0.194. The van der Waals surface area contributed by atoms with Crippen LogP contribution in [0.5, 0.6) is 0 Å². The van der Waals surface area contributed by atoms with Crippen molar-refractivity contribution in [2.45, 2.75) is 0 Å². The molecule has 3 nitrogen and oxygen atoms in total. The van der Waals surface area contributed by atoms with Crippen molar-refractivity contribution in [1.82, 2.24) is 0 Å². The fourth-order valence-corrected chi connectivity index (χ4v) is 1.19. The van der Waals surface area contributed by atoms with Gasteiger partial charge in [0.15, 0.2) is 0 Å². The molecule has 0 saturated heterocycles. The van der Waals surface area contributed by atoms with Crippen molar-refractivity contribution in [1.29, 1.82) is 0 Å². The van der Waals surface area contributed by atoms with E-state index in [9.17, 15) is 0 Å². The molecule has 2 N–H and O–H groups in total. The molecule has 8 heteroatoms. The van der Waals surface area contributed by atoms with Crippen molar-refractivity contribution in [3.8, 4) is 0 Å². The molecule has 0 aromatic heterocycles. The Balaban J connectivity index is 0. The van der Waals surface area contributed by atoms with Gasteiger partial charge in [-0.2, -0.15) is 0 Å². The van der Waals surface area contributed by atoms with E-state index >= 15 is 0 Å². The molecule has 9 heavy (non-hydrogen) atoms. The molecule has 0 saturated carbocycles. The number of rotatable bonds is 2. The first-order chi connectivity index (χ1) is 4.15. The third-order valence-electron chi connectivity index (χ3n) is 0.0556. The maximum absolute atomic E-state index is 4.71. The fraction of sp³-hybridized carbons (Fsp3) is 0.